The van der Waals surface area contributed by atoms with Crippen LogP contribution in [0.25, 0.3) is 0 Å². The molecular weight excluding hydrogens is 321 g/mol. The molecule has 2 N–H and O–H groups in total. The van der Waals surface area contributed by atoms with Gasteiger partial charge in [-0.3, -0.25) is 4.90 Å². The van der Waals surface area contributed by atoms with Crippen molar-refractivity contribution in [2.24, 2.45) is 0 Å². The van der Waals surface area contributed by atoms with Gasteiger partial charge in [-0.1, -0.05) is 24.3 Å². The van der Waals surface area contributed by atoms with Gasteiger partial charge in [-0.2, -0.15) is 0 Å². The molecule has 1 aliphatic heterocycles. The SMILES string of the molecule is OCCOc1ccc(CN2CCC(O)(c3ccc(F)cc3)CC2)cc1. The number of hydrogen-bond acceptors (Lipinski definition) is 4. The third-order valence-electron chi connectivity index (χ3n) is 4.75. The van der Waals surface area contributed by atoms with Crippen molar-refractivity contribution in [1.82, 2.24) is 4.90 Å². The number of rotatable bonds is 6. The molecule has 1 aliphatic rings. The van der Waals surface area contributed by atoms with E-state index >= 15 is 0 Å². The Morgan fingerprint density at radius 1 is 1.00 bits per heavy atom. The van der Waals surface area contributed by atoms with Gasteiger partial charge in [0, 0.05) is 19.6 Å². The molecule has 134 valence electrons. The zero-order chi connectivity index (χ0) is 17.7. The maximum absolute atomic E-state index is 13.1. The lowest BCUT2D eigenvalue weighted by molar-refractivity contribution is -0.0277. The summed E-state index contributed by atoms with van der Waals surface area (Å²) < 4.78 is 18.4. The molecule has 0 atom stereocenters. The van der Waals surface area contributed by atoms with Crippen LogP contribution in [-0.4, -0.2) is 41.4 Å². The zero-order valence-corrected chi connectivity index (χ0v) is 14.2. The van der Waals surface area contributed by atoms with Gasteiger partial charge < -0.3 is 14.9 Å². The Kier molecular flexibility index (Phi) is 5.68. The zero-order valence-electron chi connectivity index (χ0n) is 14.2. The van der Waals surface area contributed by atoms with Gasteiger partial charge in [0.1, 0.15) is 18.2 Å². The highest BCUT2D eigenvalue weighted by atomic mass is 19.1. The molecule has 0 aliphatic carbocycles. The molecule has 0 radical (unpaired) electrons. The largest absolute Gasteiger partial charge is 0.491 e. The summed E-state index contributed by atoms with van der Waals surface area (Å²) in [4.78, 5) is 2.31. The van der Waals surface area contributed by atoms with E-state index in [0.717, 1.165) is 30.9 Å². The second-order valence-electron chi connectivity index (χ2n) is 6.53. The molecule has 0 bridgehead atoms. The van der Waals surface area contributed by atoms with Crippen molar-refractivity contribution in [2.45, 2.75) is 25.0 Å². The van der Waals surface area contributed by atoms with Crippen LogP contribution in [0.4, 0.5) is 4.39 Å². The van der Waals surface area contributed by atoms with E-state index in [1.54, 1.807) is 12.1 Å². The fourth-order valence-electron chi connectivity index (χ4n) is 3.24. The molecule has 0 saturated carbocycles. The van der Waals surface area contributed by atoms with Gasteiger partial charge in [0.2, 0.25) is 0 Å². The maximum Gasteiger partial charge on any atom is 0.123 e. The first-order valence-corrected chi connectivity index (χ1v) is 8.62. The molecule has 1 heterocycles. The standard InChI is InChI=1S/C20H24FNO3/c21-18-5-3-17(4-6-18)20(24)9-11-22(12-10-20)15-16-1-7-19(8-2-16)25-14-13-23/h1-8,23-24H,9-15H2. The van der Waals surface area contributed by atoms with Crippen LogP contribution in [0, 0.1) is 5.82 Å². The normalized spacial score (nSPS) is 17.4. The molecule has 0 unspecified atom stereocenters. The van der Waals surface area contributed by atoms with E-state index in [2.05, 4.69) is 4.90 Å². The van der Waals surface area contributed by atoms with Crippen molar-refractivity contribution >= 4 is 0 Å². The predicted octanol–water partition coefficient (Wildman–Crippen LogP) is 2.68. The first kappa shape index (κ1) is 17.9. The molecule has 1 saturated heterocycles. The summed E-state index contributed by atoms with van der Waals surface area (Å²) in [6.45, 7) is 2.70. The van der Waals surface area contributed by atoms with Crippen LogP contribution in [0.1, 0.15) is 24.0 Å². The fraction of sp³-hybridized carbons (Fsp3) is 0.400. The van der Waals surface area contributed by atoms with Gasteiger partial charge in [0.25, 0.3) is 0 Å². The monoisotopic (exact) mass is 345 g/mol. The van der Waals surface area contributed by atoms with Crippen LogP contribution in [0.15, 0.2) is 48.5 Å². The molecule has 5 heteroatoms. The number of aliphatic hydroxyl groups is 2. The molecular formula is C20H24FNO3. The summed E-state index contributed by atoms with van der Waals surface area (Å²) in [7, 11) is 0. The van der Waals surface area contributed by atoms with Gasteiger partial charge >= 0.3 is 0 Å². The lowest BCUT2D eigenvalue weighted by Crippen LogP contribution is -2.42. The minimum Gasteiger partial charge on any atom is -0.491 e. The van der Waals surface area contributed by atoms with Crippen LogP contribution in [0.5, 0.6) is 5.75 Å². The molecule has 3 rings (SSSR count). The minimum atomic E-state index is -0.869. The van der Waals surface area contributed by atoms with E-state index in [1.807, 2.05) is 24.3 Å². The summed E-state index contributed by atoms with van der Waals surface area (Å²) in [5.74, 6) is 0.471. The fourth-order valence-corrected chi connectivity index (χ4v) is 3.24. The Labute approximate surface area is 147 Å². The van der Waals surface area contributed by atoms with E-state index in [1.165, 1.54) is 17.7 Å². The first-order chi connectivity index (χ1) is 12.1. The summed E-state index contributed by atoms with van der Waals surface area (Å²) >= 11 is 0. The Morgan fingerprint density at radius 3 is 2.24 bits per heavy atom. The van der Waals surface area contributed by atoms with Crippen molar-refractivity contribution < 1.29 is 19.3 Å². The molecule has 0 spiro atoms. The average Bonchev–Trinajstić information content (AvgIpc) is 2.64. The van der Waals surface area contributed by atoms with E-state index < -0.39 is 5.60 Å². The van der Waals surface area contributed by atoms with E-state index in [9.17, 15) is 9.50 Å². The van der Waals surface area contributed by atoms with Crippen molar-refractivity contribution in [3.63, 3.8) is 0 Å². The Hall–Kier alpha value is -1.95. The van der Waals surface area contributed by atoms with E-state index in [-0.39, 0.29) is 12.4 Å². The number of hydrogen-bond donors (Lipinski definition) is 2. The quantitative estimate of drug-likeness (QED) is 0.845. The molecule has 0 aromatic heterocycles. The summed E-state index contributed by atoms with van der Waals surface area (Å²) in [6.07, 6.45) is 1.27. The molecule has 2 aromatic carbocycles. The Balaban J connectivity index is 1.54. The summed E-state index contributed by atoms with van der Waals surface area (Å²) in [5.41, 5.74) is 1.11. The minimum absolute atomic E-state index is 0.00644. The van der Waals surface area contributed by atoms with Gasteiger partial charge in [0.05, 0.1) is 12.2 Å². The number of likely N-dealkylation sites (tertiary alicyclic amines) is 1. The summed E-state index contributed by atoms with van der Waals surface area (Å²) in [6, 6.07) is 14.0. The molecule has 2 aromatic rings. The second kappa shape index (κ2) is 7.95. The highest BCUT2D eigenvalue weighted by Gasteiger charge is 2.33. The van der Waals surface area contributed by atoms with Gasteiger partial charge in [-0.15, -0.1) is 0 Å². The number of piperidine rings is 1. The van der Waals surface area contributed by atoms with Crippen molar-refractivity contribution in [2.75, 3.05) is 26.3 Å². The number of aliphatic hydroxyl groups excluding tert-OH is 1. The molecule has 0 amide bonds. The van der Waals surface area contributed by atoms with Crippen LogP contribution >= 0.6 is 0 Å². The predicted molar refractivity (Wildman–Crippen MR) is 93.8 cm³/mol. The number of ether oxygens (including phenoxy) is 1. The third kappa shape index (κ3) is 4.57. The van der Waals surface area contributed by atoms with Crippen molar-refractivity contribution in [1.29, 1.82) is 0 Å². The lowest BCUT2D eigenvalue weighted by atomic mass is 9.84. The molecule has 4 nitrogen and oxygen atoms in total. The number of nitrogens with zero attached hydrogens (tertiary/aromatic N) is 1. The Bertz CT molecular complexity index is 664. The van der Waals surface area contributed by atoms with Crippen LogP contribution in [-0.2, 0) is 12.1 Å². The number of benzene rings is 2. The highest BCUT2D eigenvalue weighted by Crippen LogP contribution is 2.33. The van der Waals surface area contributed by atoms with Gasteiger partial charge in [-0.25, -0.2) is 4.39 Å². The van der Waals surface area contributed by atoms with Crippen molar-refractivity contribution in [3.05, 3.63) is 65.5 Å². The highest BCUT2D eigenvalue weighted by molar-refractivity contribution is 5.27. The smallest absolute Gasteiger partial charge is 0.123 e. The topological polar surface area (TPSA) is 52.9 Å². The van der Waals surface area contributed by atoms with Crippen LogP contribution in [0.3, 0.4) is 0 Å². The number of halogens is 1. The van der Waals surface area contributed by atoms with Gasteiger partial charge in [0.15, 0.2) is 0 Å². The lowest BCUT2D eigenvalue weighted by Gasteiger charge is -2.38. The third-order valence-corrected chi connectivity index (χ3v) is 4.75. The molecule has 1 fully saturated rings. The first-order valence-electron chi connectivity index (χ1n) is 8.62. The van der Waals surface area contributed by atoms with Crippen molar-refractivity contribution in [3.8, 4) is 5.75 Å². The molecule has 25 heavy (non-hydrogen) atoms. The van der Waals surface area contributed by atoms with E-state index in [4.69, 9.17) is 9.84 Å². The maximum atomic E-state index is 13.1. The second-order valence-corrected chi connectivity index (χ2v) is 6.53. The van der Waals surface area contributed by atoms with Gasteiger partial charge in [-0.05, 0) is 48.2 Å². The van der Waals surface area contributed by atoms with Crippen LogP contribution in [0.2, 0.25) is 0 Å². The summed E-state index contributed by atoms with van der Waals surface area (Å²) in [5, 5.41) is 19.6. The average molecular weight is 345 g/mol. The van der Waals surface area contributed by atoms with E-state index in [0.29, 0.717) is 19.4 Å². The Morgan fingerprint density at radius 2 is 1.64 bits per heavy atom. The van der Waals surface area contributed by atoms with Crippen LogP contribution < -0.4 is 4.74 Å².